The summed E-state index contributed by atoms with van der Waals surface area (Å²) >= 11 is 5.17. The molecule has 4 heteroatoms. The maximum atomic E-state index is 12.7. The lowest BCUT2D eigenvalue weighted by atomic mass is 9.61. The zero-order chi connectivity index (χ0) is 13.3. The van der Waals surface area contributed by atoms with Crippen molar-refractivity contribution in [2.24, 2.45) is 23.0 Å². The molecule has 18 heavy (non-hydrogen) atoms. The number of hydrogen-bond donors (Lipinski definition) is 1. The molecule has 0 aromatic rings. The summed E-state index contributed by atoms with van der Waals surface area (Å²) in [6.45, 7) is 6.14. The van der Waals surface area contributed by atoms with E-state index in [1.54, 1.807) is 0 Å². The number of rotatable bonds is 3. The highest BCUT2D eigenvalue weighted by Gasteiger charge is 2.52. The van der Waals surface area contributed by atoms with Crippen molar-refractivity contribution in [2.45, 2.75) is 46.0 Å². The molecule has 1 saturated carbocycles. The van der Waals surface area contributed by atoms with Gasteiger partial charge in [-0.05, 0) is 37.5 Å². The molecule has 1 heterocycles. The Hall–Kier alpha value is -0.640. The van der Waals surface area contributed by atoms with Crippen molar-refractivity contribution < 1.29 is 4.79 Å². The number of likely N-dealkylation sites (tertiary alicyclic amines) is 1. The fourth-order valence-corrected chi connectivity index (χ4v) is 3.75. The zero-order valence-electron chi connectivity index (χ0n) is 11.4. The summed E-state index contributed by atoms with van der Waals surface area (Å²) in [5.74, 6) is 1.43. The number of nitrogens with two attached hydrogens (primary N) is 1. The van der Waals surface area contributed by atoms with E-state index in [-0.39, 0.29) is 5.91 Å². The fourth-order valence-electron chi connectivity index (χ4n) is 3.50. The summed E-state index contributed by atoms with van der Waals surface area (Å²) in [7, 11) is 0. The van der Waals surface area contributed by atoms with Crippen LogP contribution >= 0.6 is 12.2 Å². The normalized spacial score (nSPS) is 36.0. The molecule has 0 aromatic carbocycles. The molecule has 1 atom stereocenters. The number of carbonyl (C=O) groups excluding carboxylic acids is 1. The number of piperidine rings is 1. The highest BCUT2D eigenvalue weighted by molar-refractivity contribution is 7.80. The average Bonchev–Trinajstić information content (AvgIpc) is 2.33. The van der Waals surface area contributed by atoms with E-state index in [0.717, 1.165) is 38.8 Å². The summed E-state index contributed by atoms with van der Waals surface area (Å²) in [6.07, 6.45) is 5.20. The minimum Gasteiger partial charge on any atom is -0.392 e. The molecular weight excluding hydrogens is 244 g/mol. The lowest BCUT2D eigenvalue weighted by Crippen LogP contribution is -2.58. The highest BCUT2D eigenvalue weighted by atomic mass is 32.1. The van der Waals surface area contributed by atoms with Crippen LogP contribution in [0.5, 0.6) is 0 Å². The molecule has 102 valence electrons. The van der Waals surface area contributed by atoms with Gasteiger partial charge in [0.25, 0.3) is 0 Å². The summed E-state index contributed by atoms with van der Waals surface area (Å²) in [5.41, 5.74) is 5.34. The third-order valence-electron chi connectivity index (χ3n) is 4.66. The third-order valence-corrected chi connectivity index (χ3v) is 5.05. The molecule has 0 aromatic heterocycles. The minimum atomic E-state index is -0.510. The maximum Gasteiger partial charge on any atom is 0.235 e. The van der Waals surface area contributed by atoms with Crippen molar-refractivity contribution in [3.05, 3.63) is 0 Å². The monoisotopic (exact) mass is 268 g/mol. The van der Waals surface area contributed by atoms with Crippen LogP contribution < -0.4 is 5.73 Å². The van der Waals surface area contributed by atoms with Crippen LogP contribution in [0.1, 0.15) is 46.0 Å². The van der Waals surface area contributed by atoms with Crippen molar-refractivity contribution in [1.82, 2.24) is 4.90 Å². The second-order valence-electron chi connectivity index (χ2n) is 6.13. The van der Waals surface area contributed by atoms with Gasteiger partial charge in [-0.3, -0.25) is 4.79 Å². The Morgan fingerprint density at radius 3 is 2.67 bits per heavy atom. The first-order chi connectivity index (χ1) is 8.49. The van der Waals surface area contributed by atoms with Gasteiger partial charge in [-0.2, -0.15) is 0 Å². The highest BCUT2D eigenvalue weighted by Crippen LogP contribution is 2.47. The van der Waals surface area contributed by atoms with Crippen LogP contribution in [0.2, 0.25) is 0 Å². The van der Waals surface area contributed by atoms with Gasteiger partial charge in [-0.1, -0.05) is 32.5 Å². The van der Waals surface area contributed by atoms with Crippen molar-refractivity contribution in [3.63, 3.8) is 0 Å². The predicted molar refractivity (Wildman–Crippen MR) is 77.2 cm³/mol. The van der Waals surface area contributed by atoms with E-state index >= 15 is 0 Å². The Morgan fingerprint density at radius 1 is 1.50 bits per heavy atom. The van der Waals surface area contributed by atoms with Gasteiger partial charge in [0, 0.05) is 13.1 Å². The Labute approximate surface area is 115 Å². The quantitative estimate of drug-likeness (QED) is 0.799. The maximum absolute atomic E-state index is 12.7. The molecule has 2 aliphatic rings. The first-order valence-electron chi connectivity index (χ1n) is 7.09. The minimum absolute atomic E-state index is 0.200. The van der Waals surface area contributed by atoms with Crippen molar-refractivity contribution >= 4 is 23.1 Å². The molecule has 1 amide bonds. The summed E-state index contributed by atoms with van der Waals surface area (Å²) < 4.78 is 0. The van der Waals surface area contributed by atoms with Crippen molar-refractivity contribution in [1.29, 1.82) is 0 Å². The zero-order valence-corrected chi connectivity index (χ0v) is 12.3. The second-order valence-corrected chi connectivity index (χ2v) is 6.57. The van der Waals surface area contributed by atoms with Gasteiger partial charge < -0.3 is 10.6 Å². The number of carbonyl (C=O) groups is 1. The topological polar surface area (TPSA) is 46.3 Å². The molecule has 0 radical (unpaired) electrons. The Kier molecular flexibility index (Phi) is 3.95. The van der Waals surface area contributed by atoms with E-state index in [2.05, 4.69) is 13.8 Å². The molecule has 0 spiro atoms. The van der Waals surface area contributed by atoms with E-state index in [9.17, 15) is 4.79 Å². The Balaban J connectivity index is 2.07. The second kappa shape index (κ2) is 5.16. The molecule has 1 unspecified atom stereocenters. The summed E-state index contributed by atoms with van der Waals surface area (Å²) in [4.78, 5) is 15.1. The van der Waals surface area contributed by atoms with Gasteiger partial charge >= 0.3 is 0 Å². The molecule has 1 aliphatic carbocycles. The van der Waals surface area contributed by atoms with Crippen LogP contribution in [0, 0.1) is 17.3 Å². The average molecular weight is 268 g/mol. The van der Waals surface area contributed by atoms with Crippen molar-refractivity contribution in [2.75, 3.05) is 13.1 Å². The summed E-state index contributed by atoms with van der Waals surface area (Å²) in [5, 5.41) is 0. The lowest BCUT2D eigenvalue weighted by Gasteiger charge is -2.48. The smallest absolute Gasteiger partial charge is 0.235 e. The van der Waals surface area contributed by atoms with E-state index in [4.69, 9.17) is 18.0 Å². The first-order valence-corrected chi connectivity index (χ1v) is 7.49. The number of amides is 1. The molecule has 2 N–H and O–H groups in total. The van der Waals surface area contributed by atoms with Crippen LogP contribution in [0.15, 0.2) is 0 Å². The van der Waals surface area contributed by atoms with Gasteiger partial charge in [0.05, 0.1) is 10.4 Å². The van der Waals surface area contributed by atoms with Gasteiger partial charge in [-0.15, -0.1) is 0 Å². The molecule has 2 fully saturated rings. The van der Waals surface area contributed by atoms with Gasteiger partial charge in [-0.25, -0.2) is 0 Å². The Morgan fingerprint density at radius 2 is 2.17 bits per heavy atom. The van der Waals surface area contributed by atoms with E-state index < -0.39 is 5.41 Å². The summed E-state index contributed by atoms with van der Waals surface area (Å²) in [6, 6.07) is 0. The van der Waals surface area contributed by atoms with E-state index in [0.29, 0.717) is 16.8 Å². The number of nitrogens with zero attached hydrogens (tertiary/aromatic N) is 1. The number of thiocarbonyl (C=S) groups is 1. The molecule has 3 nitrogen and oxygen atoms in total. The molecule has 0 bridgehead atoms. The molecule has 1 saturated heterocycles. The lowest BCUT2D eigenvalue weighted by molar-refractivity contribution is -0.146. The molecule has 1 aliphatic heterocycles. The van der Waals surface area contributed by atoms with Crippen LogP contribution in [0.4, 0.5) is 0 Å². The van der Waals surface area contributed by atoms with E-state index in [1.807, 2.05) is 4.90 Å². The fraction of sp³-hybridized carbons (Fsp3) is 0.857. The Bertz CT molecular complexity index is 350. The van der Waals surface area contributed by atoms with Gasteiger partial charge in [0.1, 0.15) is 0 Å². The molecule has 2 rings (SSSR count). The van der Waals surface area contributed by atoms with Crippen LogP contribution in [-0.4, -0.2) is 28.9 Å². The van der Waals surface area contributed by atoms with Gasteiger partial charge in [0.15, 0.2) is 0 Å². The van der Waals surface area contributed by atoms with Crippen LogP contribution in [-0.2, 0) is 4.79 Å². The number of hydrogen-bond acceptors (Lipinski definition) is 2. The van der Waals surface area contributed by atoms with Crippen LogP contribution in [0.3, 0.4) is 0 Å². The van der Waals surface area contributed by atoms with Crippen molar-refractivity contribution in [3.8, 4) is 0 Å². The predicted octanol–water partition coefficient (Wildman–Crippen LogP) is 2.34. The van der Waals surface area contributed by atoms with Crippen LogP contribution in [0.25, 0.3) is 0 Å². The SMILES string of the molecule is CCC1CCCN(C(=O)C2(C(N)=S)CC(C)C2)C1. The molecular formula is C14H24N2OS. The first kappa shape index (κ1) is 13.8. The van der Waals surface area contributed by atoms with Gasteiger partial charge in [0.2, 0.25) is 5.91 Å². The van der Waals surface area contributed by atoms with E-state index in [1.165, 1.54) is 6.42 Å². The standard InChI is InChI=1S/C14H24N2OS/c1-3-11-5-4-6-16(9-11)13(17)14(12(15)18)7-10(2)8-14/h10-11H,3-9H2,1-2H3,(H2,15,18). The third kappa shape index (κ3) is 2.27. The largest absolute Gasteiger partial charge is 0.392 e.